The number of aromatic nitrogens is 1. The summed E-state index contributed by atoms with van der Waals surface area (Å²) >= 11 is 0. The van der Waals surface area contributed by atoms with Crippen LogP contribution < -0.4 is 5.32 Å². The van der Waals surface area contributed by atoms with Crippen LogP contribution in [-0.4, -0.2) is 16.7 Å². The molecule has 9 rings (SSSR count). The zero-order valence-corrected chi connectivity index (χ0v) is 21.9. The molecule has 2 aliphatic rings. The Morgan fingerprint density at radius 3 is 2.24 bits per heavy atom. The first kappa shape index (κ1) is 22.3. The third-order valence-electron chi connectivity index (χ3n) is 8.17. The minimum atomic E-state index is -0.386. The number of hydrogen-bond acceptors (Lipinski definition) is 5. The number of amidine groups is 2. The van der Waals surface area contributed by atoms with Gasteiger partial charge in [-0.05, 0) is 56.8 Å². The van der Waals surface area contributed by atoms with Gasteiger partial charge in [0, 0.05) is 34.3 Å². The van der Waals surface area contributed by atoms with Gasteiger partial charge >= 0.3 is 0 Å². The highest BCUT2D eigenvalue weighted by atomic mass is 16.3. The number of rotatable bonds is 3. The van der Waals surface area contributed by atoms with Crippen molar-refractivity contribution in [1.82, 2.24) is 10.3 Å². The van der Waals surface area contributed by atoms with Gasteiger partial charge in [0.2, 0.25) is 0 Å². The van der Waals surface area contributed by atoms with E-state index in [-0.39, 0.29) is 6.17 Å². The average molecular weight is 527 g/mol. The van der Waals surface area contributed by atoms with E-state index in [1.54, 1.807) is 6.20 Å². The van der Waals surface area contributed by atoms with Crippen LogP contribution in [0.15, 0.2) is 136 Å². The fraction of sp³-hybridized carbons (Fsp3) is 0.0278. The minimum absolute atomic E-state index is 0.386. The normalized spacial score (nSPS) is 15.6. The van der Waals surface area contributed by atoms with Gasteiger partial charge < -0.3 is 9.73 Å². The molecule has 41 heavy (non-hydrogen) atoms. The van der Waals surface area contributed by atoms with Crippen LogP contribution in [0, 0.1) is 0 Å². The molecular formula is C36H22N4O. The van der Waals surface area contributed by atoms with Crippen LogP contribution in [0.2, 0.25) is 0 Å². The molecule has 1 N–H and O–H groups in total. The molecule has 0 saturated heterocycles. The number of nitrogens with zero attached hydrogens (tertiary/aromatic N) is 3. The molecule has 1 aliphatic carbocycles. The molecule has 0 amide bonds. The van der Waals surface area contributed by atoms with E-state index in [0.29, 0.717) is 0 Å². The molecule has 0 spiro atoms. The zero-order chi connectivity index (χ0) is 26.9. The first-order chi connectivity index (χ1) is 20.3. The van der Waals surface area contributed by atoms with E-state index in [1.807, 2.05) is 42.6 Å². The molecule has 5 aromatic carbocycles. The molecule has 192 valence electrons. The van der Waals surface area contributed by atoms with Gasteiger partial charge in [-0.25, -0.2) is 9.98 Å². The highest BCUT2D eigenvalue weighted by molar-refractivity contribution is 6.24. The van der Waals surface area contributed by atoms with Crippen molar-refractivity contribution in [2.24, 2.45) is 9.98 Å². The summed E-state index contributed by atoms with van der Waals surface area (Å²) in [5.74, 6) is 1.55. The van der Waals surface area contributed by atoms with Crippen molar-refractivity contribution in [3.63, 3.8) is 0 Å². The lowest BCUT2D eigenvalue weighted by atomic mass is 10.00. The van der Waals surface area contributed by atoms with Gasteiger partial charge in [-0.2, -0.15) is 0 Å². The molecule has 0 saturated carbocycles. The molecular weight excluding hydrogens is 504 g/mol. The Morgan fingerprint density at radius 1 is 0.585 bits per heavy atom. The highest BCUT2D eigenvalue weighted by Crippen LogP contribution is 2.47. The molecule has 1 unspecified atom stereocenters. The number of hydrogen-bond donors (Lipinski definition) is 1. The molecule has 0 radical (unpaired) electrons. The van der Waals surface area contributed by atoms with Gasteiger partial charge in [0.15, 0.2) is 6.17 Å². The van der Waals surface area contributed by atoms with Crippen molar-refractivity contribution >= 4 is 44.4 Å². The van der Waals surface area contributed by atoms with E-state index in [2.05, 4.69) is 83.1 Å². The molecule has 1 aliphatic heterocycles. The monoisotopic (exact) mass is 526 g/mol. The summed E-state index contributed by atoms with van der Waals surface area (Å²) in [6.45, 7) is 0. The van der Waals surface area contributed by atoms with Crippen molar-refractivity contribution < 1.29 is 4.42 Å². The average Bonchev–Trinajstić information content (AvgIpc) is 3.58. The third-order valence-corrected chi connectivity index (χ3v) is 8.17. The Labute approximate surface area is 235 Å². The smallest absolute Gasteiger partial charge is 0.169 e. The van der Waals surface area contributed by atoms with E-state index < -0.39 is 0 Å². The molecule has 0 fully saturated rings. The molecule has 2 aromatic heterocycles. The number of benzene rings is 5. The SMILES string of the molecule is c1ccc(C2N=C(c3ccc4c(c3)-c3cccc5cccc-4c35)NC(c3cccc4oc5ccncc5c34)=N2)cc1. The predicted octanol–water partition coefficient (Wildman–Crippen LogP) is 8.28. The van der Waals surface area contributed by atoms with Crippen molar-refractivity contribution in [1.29, 1.82) is 0 Å². The lowest BCUT2D eigenvalue weighted by molar-refractivity contribution is 0.668. The van der Waals surface area contributed by atoms with Crippen LogP contribution in [0.3, 0.4) is 0 Å². The maximum atomic E-state index is 6.16. The standard InChI is InChI=1S/C36H22N4O/c1-2-7-22(8-3-1)34-38-35(23-15-16-24-25-11-4-9-21-10-5-12-26(32(21)25)28(24)19-23)40-36(39-34)27-13-6-14-31-33(27)29-20-37-18-17-30(29)41-31/h1-20,34H,(H,38,39,40). The summed E-state index contributed by atoms with van der Waals surface area (Å²) in [5, 5.41) is 8.14. The summed E-state index contributed by atoms with van der Waals surface area (Å²) in [7, 11) is 0. The third kappa shape index (κ3) is 3.33. The molecule has 5 heteroatoms. The van der Waals surface area contributed by atoms with E-state index in [9.17, 15) is 0 Å². The van der Waals surface area contributed by atoms with Gasteiger partial charge in [0.25, 0.3) is 0 Å². The van der Waals surface area contributed by atoms with E-state index in [0.717, 1.165) is 50.3 Å². The quantitative estimate of drug-likeness (QED) is 0.252. The maximum Gasteiger partial charge on any atom is 0.169 e. The Morgan fingerprint density at radius 2 is 1.37 bits per heavy atom. The second kappa shape index (κ2) is 8.47. The molecule has 3 heterocycles. The zero-order valence-electron chi connectivity index (χ0n) is 21.9. The van der Waals surface area contributed by atoms with Crippen molar-refractivity contribution in [3.8, 4) is 22.3 Å². The number of nitrogens with one attached hydrogen (secondary N) is 1. The Balaban J connectivity index is 1.22. The number of furan rings is 1. The summed E-state index contributed by atoms with van der Waals surface area (Å²) in [4.78, 5) is 14.6. The Bertz CT molecular complexity index is 2240. The fourth-order valence-corrected chi connectivity index (χ4v) is 6.32. The van der Waals surface area contributed by atoms with Gasteiger partial charge in [0.1, 0.15) is 22.8 Å². The number of aliphatic imine (C=N–C) groups is 2. The minimum Gasteiger partial charge on any atom is -0.456 e. The van der Waals surface area contributed by atoms with Gasteiger partial charge in [-0.3, -0.25) is 4.98 Å². The topological polar surface area (TPSA) is 62.8 Å². The summed E-state index contributed by atoms with van der Waals surface area (Å²) in [6, 6.07) is 38.0. The molecule has 5 nitrogen and oxygen atoms in total. The van der Waals surface area contributed by atoms with E-state index >= 15 is 0 Å². The van der Waals surface area contributed by atoms with Crippen LogP contribution in [0.1, 0.15) is 22.9 Å². The van der Waals surface area contributed by atoms with Crippen LogP contribution in [0.4, 0.5) is 0 Å². The summed E-state index contributed by atoms with van der Waals surface area (Å²) in [5.41, 5.74) is 9.66. The summed E-state index contributed by atoms with van der Waals surface area (Å²) in [6.07, 6.45) is 3.22. The van der Waals surface area contributed by atoms with Crippen molar-refractivity contribution in [2.75, 3.05) is 0 Å². The second-order valence-corrected chi connectivity index (χ2v) is 10.5. The first-order valence-corrected chi connectivity index (χ1v) is 13.7. The highest BCUT2D eigenvalue weighted by Gasteiger charge is 2.26. The summed E-state index contributed by atoms with van der Waals surface area (Å²) < 4.78 is 6.16. The van der Waals surface area contributed by atoms with Crippen LogP contribution in [-0.2, 0) is 0 Å². The Kier molecular flexibility index (Phi) is 4.61. The first-order valence-electron chi connectivity index (χ1n) is 13.7. The maximum absolute atomic E-state index is 6.16. The van der Waals surface area contributed by atoms with Crippen molar-refractivity contribution in [3.05, 3.63) is 138 Å². The predicted molar refractivity (Wildman–Crippen MR) is 165 cm³/mol. The Hall–Kier alpha value is -5.55. The number of fused-ring (bicyclic) bond motifs is 6. The fourth-order valence-electron chi connectivity index (χ4n) is 6.32. The lowest BCUT2D eigenvalue weighted by Crippen LogP contribution is -2.36. The van der Waals surface area contributed by atoms with Gasteiger partial charge in [0.05, 0.1) is 0 Å². The van der Waals surface area contributed by atoms with Crippen LogP contribution in [0.25, 0.3) is 55.0 Å². The van der Waals surface area contributed by atoms with Crippen LogP contribution >= 0.6 is 0 Å². The van der Waals surface area contributed by atoms with Crippen LogP contribution in [0.5, 0.6) is 0 Å². The van der Waals surface area contributed by atoms with Crippen molar-refractivity contribution in [2.45, 2.75) is 6.17 Å². The van der Waals surface area contributed by atoms with Gasteiger partial charge in [-0.15, -0.1) is 0 Å². The molecule has 7 aromatic rings. The number of pyridine rings is 1. The molecule has 1 atom stereocenters. The molecule has 0 bridgehead atoms. The second-order valence-electron chi connectivity index (χ2n) is 10.5. The lowest BCUT2D eigenvalue weighted by Gasteiger charge is -2.23. The van der Waals surface area contributed by atoms with E-state index in [1.165, 1.54) is 33.0 Å². The van der Waals surface area contributed by atoms with E-state index in [4.69, 9.17) is 14.4 Å². The largest absolute Gasteiger partial charge is 0.456 e. The van der Waals surface area contributed by atoms with Gasteiger partial charge in [-0.1, -0.05) is 91.0 Å².